The Morgan fingerprint density at radius 3 is 2.30 bits per heavy atom. The molecule has 0 fully saturated rings. The van der Waals surface area contributed by atoms with Gasteiger partial charge in [0.15, 0.2) is 0 Å². The molecule has 0 aliphatic carbocycles. The molecular weight excluding hydrogens is 312 g/mol. The Morgan fingerprint density at radius 1 is 1.26 bits per heavy atom. The second-order valence-corrected chi connectivity index (χ2v) is 6.15. The number of ether oxygens (including phenoxy) is 1. The number of nitrogens with one attached hydrogen (secondary N) is 1. The van der Waals surface area contributed by atoms with E-state index < -0.39 is 5.97 Å². The molecule has 1 unspecified atom stereocenters. The third-order valence-electron chi connectivity index (χ3n) is 3.48. The van der Waals surface area contributed by atoms with Gasteiger partial charge in [0.2, 0.25) is 11.0 Å². The molecule has 0 aromatic heterocycles. The van der Waals surface area contributed by atoms with E-state index in [1.54, 1.807) is 13.2 Å². The molecule has 0 saturated carbocycles. The lowest BCUT2D eigenvalue weighted by molar-refractivity contribution is -0.134. The lowest BCUT2D eigenvalue weighted by atomic mass is 9.90. The average molecular weight is 336 g/mol. The fourth-order valence-electron chi connectivity index (χ4n) is 2.58. The van der Waals surface area contributed by atoms with E-state index in [1.807, 2.05) is 27.7 Å². The highest BCUT2D eigenvalue weighted by molar-refractivity contribution is 8.15. The number of nitrogens with zero attached hydrogens (tertiary/aromatic N) is 1. The molecule has 1 atom stereocenters. The number of rotatable bonds is 4. The Balaban J connectivity index is 2.92. The Bertz CT molecular complexity index is 603. The summed E-state index contributed by atoms with van der Waals surface area (Å²) < 4.78 is 4.88. The number of hydrazone groups is 1. The molecule has 126 valence electrons. The number of benzene rings is 1. The molecule has 1 amide bonds. The number of amides is 1. The van der Waals surface area contributed by atoms with E-state index in [0.717, 1.165) is 28.5 Å². The summed E-state index contributed by atoms with van der Waals surface area (Å²) in [5.74, 6) is -1.14. The molecule has 0 aliphatic heterocycles. The van der Waals surface area contributed by atoms with Crippen molar-refractivity contribution in [3.63, 3.8) is 0 Å². The van der Waals surface area contributed by atoms with Gasteiger partial charge in [-0.15, -0.1) is 11.8 Å². The Morgan fingerprint density at radius 2 is 1.83 bits per heavy atom. The largest absolute Gasteiger partial charge is 0.461 e. The molecule has 1 aromatic carbocycles. The maximum absolute atomic E-state index is 12.4. The van der Waals surface area contributed by atoms with Crippen LogP contribution in [-0.2, 0) is 14.3 Å². The summed E-state index contributed by atoms with van der Waals surface area (Å²) in [6.45, 7) is 9.84. The van der Waals surface area contributed by atoms with Gasteiger partial charge >= 0.3 is 5.97 Å². The monoisotopic (exact) mass is 336 g/mol. The van der Waals surface area contributed by atoms with Crippen LogP contribution in [0.2, 0.25) is 0 Å². The molecule has 0 aliphatic rings. The molecule has 0 radical (unpaired) electrons. The molecule has 0 heterocycles. The van der Waals surface area contributed by atoms with Crippen LogP contribution in [0.4, 0.5) is 0 Å². The minimum absolute atomic E-state index is 0.129. The van der Waals surface area contributed by atoms with Crippen molar-refractivity contribution in [3.05, 3.63) is 34.4 Å². The first kappa shape index (κ1) is 19.2. The third kappa shape index (κ3) is 5.10. The Hall–Kier alpha value is -1.82. The van der Waals surface area contributed by atoms with Gasteiger partial charge in [-0.25, -0.2) is 10.2 Å². The van der Waals surface area contributed by atoms with Crippen molar-refractivity contribution in [2.75, 3.05) is 12.9 Å². The van der Waals surface area contributed by atoms with Crippen LogP contribution >= 0.6 is 11.8 Å². The van der Waals surface area contributed by atoms with Crippen LogP contribution in [-0.4, -0.2) is 29.8 Å². The number of carbonyl (C=O) groups excluding carboxylic acids is 2. The molecule has 23 heavy (non-hydrogen) atoms. The lowest BCUT2D eigenvalue weighted by Crippen LogP contribution is -2.27. The zero-order valence-electron chi connectivity index (χ0n) is 14.5. The van der Waals surface area contributed by atoms with Crippen LogP contribution in [0.5, 0.6) is 0 Å². The predicted molar refractivity (Wildman–Crippen MR) is 94.8 cm³/mol. The van der Waals surface area contributed by atoms with Crippen LogP contribution in [0.3, 0.4) is 0 Å². The van der Waals surface area contributed by atoms with Crippen molar-refractivity contribution >= 4 is 28.7 Å². The highest BCUT2D eigenvalue weighted by Gasteiger charge is 2.20. The predicted octanol–water partition coefficient (Wildman–Crippen LogP) is 3.07. The van der Waals surface area contributed by atoms with Crippen molar-refractivity contribution in [1.29, 1.82) is 0 Å². The number of hydrogen-bond donors (Lipinski definition) is 1. The van der Waals surface area contributed by atoms with E-state index in [4.69, 9.17) is 4.74 Å². The van der Waals surface area contributed by atoms with E-state index in [2.05, 4.69) is 22.7 Å². The average Bonchev–Trinajstić information content (AvgIpc) is 2.46. The van der Waals surface area contributed by atoms with Crippen LogP contribution in [0.1, 0.15) is 42.0 Å². The molecule has 5 nitrogen and oxygen atoms in total. The maximum atomic E-state index is 12.4. The lowest BCUT2D eigenvalue weighted by Gasteiger charge is -2.17. The van der Waals surface area contributed by atoms with Gasteiger partial charge in [0.05, 0.1) is 12.5 Å². The summed E-state index contributed by atoms with van der Waals surface area (Å²) in [4.78, 5) is 24.0. The minimum atomic E-state index is -0.532. The van der Waals surface area contributed by atoms with Gasteiger partial charge in [0, 0.05) is 0 Å². The van der Waals surface area contributed by atoms with Crippen molar-refractivity contribution in [3.8, 4) is 0 Å². The molecule has 0 saturated heterocycles. The quantitative estimate of drug-likeness (QED) is 0.397. The first-order valence-electron chi connectivity index (χ1n) is 7.48. The fraction of sp³-hybridized carbons (Fsp3) is 0.471. The first-order chi connectivity index (χ1) is 10.8. The number of esters is 1. The summed E-state index contributed by atoms with van der Waals surface area (Å²) in [5.41, 5.74) is 6.77. The summed E-state index contributed by atoms with van der Waals surface area (Å²) in [6.07, 6.45) is 1.71. The zero-order chi connectivity index (χ0) is 17.6. The molecule has 6 heteroatoms. The Kier molecular flexibility index (Phi) is 7.29. The molecule has 1 aromatic rings. The molecule has 0 spiro atoms. The molecule has 1 rings (SSSR count). The van der Waals surface area contributed by atoms with E-state index in [9.17, 15) is 9.59 Å². The van der Waals surface area contributed by atoms with Gasteiger partial charge in [-0.1, -0.05) is 17.7 Å². The highest BCUT2D eigenvalue weighted by atomic mass is 32.2. The van der Waals surface area contributed by atoms with Crippen molar-refractivity contribution in [2.45, 2.75) is 40.5 Å². The summed E-state index contributed by atoms with van der Waals surface area (Å²) in [7, 11) is 0. The van der Waals surface area contributed by atoms with Crippen molar-refractivity contribution < 1.29 is 14.3 Å². The zero-order valence-corrected chi connectivity index (χ0v) is 15.3. The van der Waals surface area contributed by atoms with E-state index in [-0.39, 0.29) is 23.5 Å². The second kappa shape index (κ2) is 8.72. The normalized spacial score (nSPS) is 12.7. The number of carbonyl (C=O) groups is 2. The van der Waals surface area contributed by atoms with Crippen LogP contribution < -0.4 is 5.43 Å². The fourth-order valence-corrected chi connectivity index (χ4v) is 2.94. The van der Waals surface area contributed by atoms with E-state index in [1.165, 1.54) is 5.56 Å². The summed E-state index contributed by atoms with van der Waals surface area (Å²) in [5, 5.41) is 4.02. The number of thioether (sulfide) groups is 1. The topological polar surface area (TPSA) is 67.8 Å². The van der Waals surface area contributed by atoms with Gasteiger partial charge in [0.1, 0.15) is 0 Å². The van der Waals surface area contributed by atoms with E-state index in [0.29, 0.717) is 0 Å². The van der Waals surface area contributed by atoms with Crippen LogP contribution in [0.25, 0.3) is 0 Å². The maximum Gasteiger partial charge on any atom is 0.365 e. The molecular formula is C17H24N2O3S. The third-order valence-corrected chi connectivity index (χ3v) is 4.12. The number of aryl methyl sites for hydroxylation is 3. The van der Waals surface area contributed by atoms with Crippen molar-refractivity contribution in [2.24, 2.45) is 5.10 Å². The number of hydrogen-bond acceptors (Lipinski definition) is 5. The van der Waals surface area contributed by atoms with Gasteiger partial charge < -0.3 is 4.74 Å². The first-order valence-corrected chi connectivity index (χ1v) is 8.70. The summed E-state index contributed by atoms with van der Waals surface area (Å²) >= 11 is 1.14. The SMILES string of the molecule is CCOC(=O)C(=NNC(=O)C(C)c1c(C)cc(C)cc1C)SC. The van der Waals surface area contributed by atoms with Crippen molar-refractivity contribution in [1.82, 2.24) is 5.43 Å². The van der Waals surface area contributed by atoms with Crippen LogP contribution in [0.15, 0.2) is 17.2 Å². The highest BCUT2D eigenvalue weighted by Crippen LogP contribution is 2.25. The standard InChI is InChI=1S/C17H24N2O3S/c1-7-22-17(21)16(23-6)19-18-15(20)13(5)14-11(3)8-10(2)9-12(14)4/h8-9,13H,7H2,1-6H3,(H,18,20). The van der Waals surface area contributed by atoms with Gasteiger partial charge in [0.25, 0.3) is 0 Å². The molecule has 1 N–H and O–H groups in total. The second-order valence-electron chi connectivity index (χ2n) is 5.35. The van der Waals surface area contributed by atoms with Gasteiger partial charge in [-0.3, -0.25) is 4.79 Å². The van der Waals surface area contributed by atoms with Crippen LogP contribution in [0, 0.1) is 20.8 Å². The van der Waals surface area contributed by atoms with E-state index >= 15 is 0 Å². The van der Waals surface area contributed by atoms with Gasteiger partial charge in [-0.05, 0) is 57.6 Å². The molecule has 0 bridgehead atoms. The Labute approximate surface area is 141 Å². The summed E-state index contributed by atoms with van der Waals surface area (Å²) in [6, 6.07) is 4.11. The smallest absolute Gasteiger partial charge is 0.365 e. The minimum Gasteiger partial charge on any atom is -0.461 e. The van der Waals surface area contributed by atoms with Gasteiger partial charge in [-0.2, -0.15) is 5.10 Å².